The van der Waals surface area contributed by atoms with Crippen molar-refractivity contribution >= 4 is 11.7 Å². The molecule has 2 heterocycles. The van der Waals surface area contributed by atoms with Crippen LogP contribution in [0.3, 0.4) is 0 Å². The fraction of sp³-hybridized carbons (Fsp3) is 0.250. The molecule has 0 bridgehead atoms. The highest BCUT2D eigenvalue weighted by molar-refractivity contribution is 5.99. The van der Waals surface area contributed by atoms with E-state index >= 15 is 0 Å². The number of nitrogens with zero attached hydrogens (tertiary/aromatic N) is 4. The molecule has 8 nitrogen and oxygen atoms in total. The zero-order chi connectivity index (χ0) is 22.2. The number of Topliss-reactive ketones (excluding diaryl/α,β-unsaturated/α-hetero) is 1. The van der Waals surface area contributed by atoms with E-state index in [0.29, 0.717) is 40.8 Å². The Labute approximate surface area is 185 Å². The number of fused-ring (bicyclic) bond motifs is 1. The van der Waals surface area contributed by atoms with E-state index < -0.39 is 6.04 Å². The zero-order valence-electron chi connectivity index (χ0n) is 17.8. The first-order valence-electron chi connectivity index (χ1n) is 10.3. The summed E-state index contributed by atoms with van der Waals surface area (Å²) in [5.41, 5.74) is 3.80. The van der Waals surface area contributed by atoms with Gasteiger partial charge in [0.25, 0.3) is 0 Å². The lowest BCUT2D eigenvalue weighted by molar-refractivity contribution is -0.116. The molecule has 5 rings (SSSR count). The normalized spacial score (nSPS) is 17.2. The largest absolute Gasteiger partial charge is 0.497 e. The second kappa shape index (κ2) is 7.85. The highest BCUT2D eigenvalue weighted by Crippen LogP contribution is 2.41. The number of hydrogen-bond acceptors (Lipinski definition) is 7. The molecule has 1 aliphatic carbocycles. The Morgan fingerprint density at radius 2 is 1.81 bits per heavy atom. The quantitative estimate of drug-likeness (QED) is 0.674. The summed E-state index contributed by atoms with van der Waals surface area (Å²) in [5, 5.41) is 17.3. The molecule has 1 atom stereocenters. The van der Waals surface area contributed by atoms with Crippen molar-refractivity contribution in [1.29, 1.82) is 5.26 Å². The van der Waals surface area contributed by atoms with Crippen LogP contribution < -0.4 is 14.8 Å². The van der Waals surface area contributed by atoms with Gasteiger partial charge in [0.05, 0.1) is 25.9 Å². The third-order valence-electron chi connectivity index (χ3n) is 5.83. The molecule has 0 radical (unpaired) electrons. The van der Waals surface area contributed by atoms with Crippen LogP contribution in [0, 0.1) is 11.3 Å². The smallest absolute Gasteiger partial charge is 0.226 e. The van der Waals surface area contributed by atoms with E-state index in [0.717, 1.165) is 29.7 Å². The Morgan fingerprint density at radius 1 is 1.09 bits per heavy atom. The molecule has 2 aromatic carbocycles. The minimum Gasteiger partial charge on any atom is -0.497 e. The molecule has 1 unspecified atom stereocenters. The molecule has 0 amide bonds. The van der Waals surface area contributed by atoms with Crippen LogP contribution in [-0.2, 0) is 4.79 Å². The van der Waals surface area contributed by atoms with Gasteiger partial charge in [-0.2, -0.15) is 10.2 Å². The molecule has 1 aliphatic heterocycles. The minimum atomic E-state index is -0.407. The van der Waals surface area contributed by atoms with Crippen LogP contribution in [0.5, 0.6) is 11.5 Å². The second-order valence-electron chi connectivity index (χ2n) is 7.74. The van der Waals surface area contributed by atoms with Gasteiger partial charge in [-0.1, -0.05) is 12.1 Å². The molecular formula is C24H21N5O3. The van der Waals surface area contributed by atoms with E-state index in [1.165, 1.54) is 0 Å². The number of benzene rings is 2. The predicted octanol–water partition coefficient (Wildman–Crippen LogP) is 3.86. The number of aromatic nitrogens is 3. The van der Waals surface area contributed by atoms with Gasteiger partial charge in [0.15, 0.2) is 11.6 Å². The first kappa shape index (κ1) is 19.8. The molecular weight excluding hydrogens is 406 g/mol. The molecule has 0 saturated carbocycles. The average molecular weight is 427 g/mol. The number of allylic oxidation sites excluding steroid dienone is 2. The van der Waals surface area contributed by atoms with Crippen molar-refractivity contribution < 1.29 is 14.3 Å². The Hall–Kier alpha value is -4.12. The number of anilines is 1. The van der Waals surface area contributed by atoms with Crippen molar-refractivity contribution in [3.05, 3.63) is 64.9 Å². The molecule has 1 N–H and O–H groups in total. The van der Waals surface area contributed by atoms with Crippen LogP contribution >= 0.6 is 0 Å². The SMILES string of the molecule is COc1cc(OC)cc(-c2nc3n(n2)C(c2ccc(C#N)cc2)C2=C(CCCC2=O)N3)c1. The second-order valence-corrected chi connectivity index (χ2v) is 7.74. The number of carbonyl (C=O) groups is 1. The number of nitrogens with one attached hydrogen (secondary N) is 1. The summed E-state index contributed by atoms with van der Waals surface area (Å²) in [4.78, 5) is 17.7. The molecule has 1 aromatic heterocycles. The molecule has 0 saturated heterocycles. The van der Waals surface area contributed by atoms with Crippen LogP contribution in [0.4, 0.5) is 5.95 Å². The first-order chi connectivity index (χ1) is 15.6. The van der Waals surface area contributed by atoms with Gasteiger partial charge in [-0.3, -0.25) is 4.79 Å². The highest BCUT2D eigenvalue weighted by atomic mass is 16.5. The summed E-state index contributed by atoms with van der Waals surface area (Å²) in [5.74, 6) is 2.45. The third kappa shape index (κ3) is 3.28. The maximum absolute atomic E-state index is 12.9. The third-order valence-corrected chi connectivity index (χ3v) is 5.83. The maximum Gasteiger partial charge on any atom is 0.226 e. The monoisotopic (exact) mass is 427 g/mol. The fourth-order valence-electron chi connectivity index (χ4n) is 4.26. The van der Waals surface area contributed by atoms with E-state index in [1.54, 1.807) is 37.1 Å². The summed E-state index contributed by atoms with van der Waals surface area (Å²) in [6.45, 7) is 0. The van der Waals surface area contributed by atoms with Gasteiger partial charge in [0.1, 0.15) is 17.5 Å². The van der Waals surface area contributed by atoms with Crippen molar-refractivity contribution in [2.75, 3.05) is 19.5 Å². The number of carbonyl (C=O) groups excluding carboxylic acids is 1. The number of methoxy groups -OCH3 is 2. The molecule has 32 heavy (non-hydrogen) atoms. The number of rotatable bonds is 4. The summed E-state index contributed by atoms with van der Waals surface area (Å²) < 4.78 is 12.5. The number of hydrogen-bond donors (Lipinski definition) is 1. The van der Waals surface area contributed by atoms with Gasteiger partial charge in [-0.15, -0.1) is 5.10 Å². The van der Waals surface area contributed by atoms with E-state index in [1.807, 2.05) is 24.3 Å². The van der Waals surface area contributed by atoms with Gasteiger partial charge in [0, 0.05) is 29.3 Å². The Kier molecular flexibility index (Phi) is 4.86. The van der Waals surface area contributed by atoms with Crippen molar-refractivity contribution in [2.24, 2.45) is 0 Å². The highest BCUT2D eigenvalue weighted by Gasteiger charge is 2.37. The van der Waals surface area contributed by atoms with Crippen molar-refractivity contribution in [2.45, 2.75) is 25.3 Å². The lowest BCUT2D eigenvalue weighted by atomic mass is 9.85. The van der Waals surface area contributed by atoms with Gasteiger partial charge in [0.2, 0.25) is 5.95 Å². The summed E-state index contributed by atoms with van der Waals surface area (Å²) in [6, 6.07) is 14.5. The topological polar surface area (TPSA) is 102 Å². The Balaban J connectivity index is 1.65. The fourth-order valence-corrected chi connectivity index (χ4v) is 4.26. The summed E-state index contributed by atoms with van der Waals surface area (Å²) in [6.07, 6.45) is 2.10. The lowest BCUT2D eigenvalue weighted by Crippen LogP contribution is -2.31. The molecule has 0 spiro atoms. The van der Waals surface area contributed by atoms with E-state index in [-0.39, 0.29) is 5.78 Å². The molecule has 160 valence electrons. The average Bonchev–Trinajstić information content (AvgIpc) is 3.26. The van der Waals surface area contributed by atoms with Crippen LogP contribution in [0.15, 0.2) is 53.7 Å². The van der Waals surface area contributed by atoms with Crippen LogP contribution in [-0.4, -0.2) is 34.8 Å². The van der Waals surface area contributed by atoms with Gasteiger partial charge < -0.3 is 14.8 Å². The number of ether oxygens (including phenoxy) is 2. The van der Waals surface area contributed by atoms with Crippen molar-refractivity contribution in [3.8, 4) is 29.0 Å². The van der Waals surface area contributed by atoms with Gasteiger partial charge in [-0.05, 0) is 42.7 Å². The number of ketones is 1. The van der Waals surface area contributed by atoms with E-state index in [2.05, 4.69) is 11.4 Å². The summed E-state index contributed by atoms with van der Waals surface area (Å²) in [7, 11) is 3.19. The molecule has 0 fully saturated rings. The molecule has 2 aliphatic rings. The van der Waals surface area contributed by atoms with Crippen LogP contribution in [0.2, 0.25) is 0 Å². The zero-order valence-corrected chi connectivity index (χ0v) is 17.8. The Bertz CT molecular complexity index is 1260. The van der Waals surface area contributed by atoms with E-state index in [4.69, 9.17) is 24.8 Å². The number of nitriles is 1. The maximum atomic E-state index is 12.9. The van der Waals surface area contributed by atoms with Crippen molar-refractivity contribution in [3.63, 3.8) is 0 Å². The Morgan fingerprint density at radius 3 is 2.47 bits per heavy atom. The molecule has 8 heteroatoms. The van der Waals surface area contributed by atoms with Crippen LogP contribution in [0.25, 0.3) is 11.4 Å². The van der Waals surface area contributed by atoms with Gasteiger partial charge in [-0.25, -0.2) is 4.68 Å². The van der Waals surface area contributed by atoms with Crippen molar-refractivity contribution in [1.82, 2.24) is 14.8 Å². The minimum absolute atomic E-state index is 0.110. The predicted molar refractivity (Wildman–Crippen MR) is 117 cm³/mol. The van der Waals surface area contributed by atoms with E-state index in [9.17, 15) is 4.79 Å². The van der Waals surface area contributed by atoms with Gasteiger partial charge >= 0.3 is 0 Å². The summed E-state index contributed by atoms with van der Waals surface area (Å²) >= 11 is 0. The molecule has 3 aromatic rings. The first-order valence-corrected chi connectivity index (χ1v) is 10.3. The standard InChI is InChI=1S/C24H21N5O3/c1-31-17-10-16(11-18(12-17)32-2)23-27-24-26-19-4-3-5-20(30)21(19)22(29(24)28-23)15-8-6-14(13-25)7-9-15/h6-12,22H,3-5H2,1-2H3,(H,26,27,28). The lowest BCUT2D eigenvalue weighted by Gasteiger charge is -2.32. The van der Waals surface area contributed by atoms with Crippen LogP contribution in [0.1, 0.15) is 36.4 Å².